The Kier molecular flexibility index (Phi) is 8.91. The molecule has 212 valence electrons. The van der Waals surface area contributed by atoms with Crippen molar-refractivity contribution in [3.63, 3.8) is 0 Å². The zero-order valence-electron chi connectivity index (χ0n) is 23.0. The van der Waals surface area contributed by atoms with Gasteiger partial charge >= 0.3 is 12.1 Å². The number of halogens is 1. The predicted octanol–water partition coefficient (Wildman–Crippen LogP) is 6.45. The molecule has 8 nitrogen and oxygen atoms in total. The van der Waals surface area contributed by atoms with Crippen LogP contribution >= 0.6 is 11.6 Å². The first-order valence-electron chi connectivity index (χ1n) is 13.1. The van der Waals surface area contributed by atoms with Crippen molar-refractivity contribution in [1.29, 1.82) is 0 Å². The first kappa shape index (κ1) is 29.2. The lowest BCUT2D eigenvalue weighted by Gasteiger charge is -2.37. The molecule has 0 aromatic heterocycles. The van der Waals surface area contributed by atoms with Gasteiger partial charge in [-0.15, -0.1) is 0 Å². The van der Waals surface area contributed by atoms with Crippen LogP contribution in [-0.4, -0.2) is 52.5 Å². The molecule has 3 aromatic rings. The molecule has 1 amide bonds. The average Bonchev–Trinajstić information content (AvgIpc) is 2.89. The molecule has 2 atom stereocenters. The summed E-state index contributed by atoms with van der Waals surface area (Å²) < 4.78 is 16.4. The highest BCUT2D eigenvalue weighted by Crippen LogP contribution is 2.33. The van der Waals surface area contributed by atoms with Gasteiger partial charge in [0, 0.05) is 17.1 Å². The van der Waals surface area contributed by atoms with Gasteiger partial charge in [0.25, 0.3) is 0 Å². The number of methoxy groups -OCH3 is 1. The zero-order chi connectivity index (χ0) is 29.0. The zero-order valence-corrected chi connectivity index (χ0v) is 23.8. The number of aliphatic hydroxyl groups excluding tert-OH is 1. The Bertz CT molecular complexity index is 1380. The highest BCUT2D eigenvalue weighted by Gasteiger charge is 2.33. The molecule has 1 aliphatic rings. The van der Waals surface area contributed by atoms with Gasteiger partial charge in [0.15, 0.2) is 0 Å². The minimum absolute atomic E-state index is 0.0467. The van der Waals surface area contributed by atoms with Crippen LogP contribution in [0.25, 0.3) is 0 Å². The number of hydrogen-bond donors (Lipinski definition) is 2. The van der Waals surface area contributed by atoms with Crippen molar-refractivity contribution in [2.45, 2.75) is 57.8 Å². The van der Waals surface area contributed by atoms with Gasteiger partial charge in [0.2, 0.25) is 0 Å². The van der Waals surface area contributed by atoms with Crippen LogP contribution in [0.4, 0.5) is 4.79 Å². The Morgan fingerprint density at radius 1 is 1.05 bits per heavy atom. The summed E-state index contributed by atoms with van der Waals surface area (Å²) >= 11 is 6.13. The van der Waals surface area contributed by atoms with E-state index in [-0.39, 0.29) is 29.6 Å². The lowest BCUT2D eigenvalue weighted by Crippen LogP contribution is -2.47. The number of carbonyl (C=O) groups excluding carboxylic acids is 2. The van der Waals surface area contributed by atoms with Crippen molar-refractivity contribution in [2.24, 2.45) is 0 Å². The second-order valence-corrected chi connectivity index (χ2v) is 11.3. The van der Waals surface area contributed by atoms with Crippen LogP contribution in [-0.2, 0) is 22.3 Å². The number of aryl methyl sites for hydroxylation is 1. The Balaban J connectivity index is 1.57. The van der Waals surface area contributed by atoms with Crippen molar-refractivity contribution in [1.82, 2.24) is 4.90 Å². The molecule has 3 aromatic carbocycles. The molecule has 0 saturated carbocycles. The number of nitrogens with zero attached hydrogens (tertiary/aromatic N) is 1. The quantitative estimate of drug-likeness (QED) is 0.316. The molecule has 0 aliphatic heterocycles. The molecule has 0 radical (unpaired) electrons. The third-order valence-corrected chi connectivity index (χ3v) is 6.84. The van der Waals surface area contributed by atoms with Crippen LogP contribution in [0.1, 0.15) is 60.3 Å². The Hall–Kier alpha value is -3.75. The molecule has 0 spiro atoms. The summed E-state index contributed by atoms with van der Waals surface area (Å²) in [5.74, 6) is 0.0924. The van der Waals surface area contributed by atoms with E-state index in [0.29, 0.717) is 29.2 Å². The second kappa shape index (κ2) is 12.2. The topological polar surface area (TPSA) is 106 Å². The van der Waals surface area contributed by atoms with Gasteiger partial charge in [-0.25, -0.2) is 9.59 Å². The largest absolute Gasteiger partial charge is 0.508 e. The molecule has 0 saturated heterocycles. The second-order valence-electron chi connectivity index (χ2n) is 10.8. The fourth-order valence-electron chi connectivity index (χ4n) is 4.76. The number of hydrogen-bond acceptors (Lipinski definition) is 7. The van der Waals surface area contributed by atoms with Crippen molar-refractivity contribution in [3.05, 3.63) is 87.9 Å². The highest BCUT2D eigenvalue weighted by atomic mass is 35.5. The van der Waals surface area contributed by atoms with E-state index in [9.17, 15) is 19.8 Å². The van der Waals surface area contributed by atoms with Crippen LogP contribution in [0.3, 0.4) is 0 Å². The number of ether oxygens (including phenoxy) is 3. The van der Waals surface area contributed by atoms with E-state index in [2.05, 4.69) is 0 Å². The first-order chi connectivity index (χ1) is 18.9. The molecule has 0 heterocycles. The summed E-state index contributed by atoms with van der Waals surface area (Å²) in [7, 11) is 1.27. The number of aromatic hydroxyl groups is 1. The standard InChI is InChI=1S/C31H34ClNO7/c1-31(2,3)40-30(37)33(18-28(35)20-6-5-7-23(32)12-20)24-10-8-19-9-11-26(15-21(19)13-24)39-27-16-22(29(36)38-4)14-25(34)17-27/h5-7,9,11-12,14-17,24,28,34-35H,8,10,13,18H2,1-4H3/t24-,28+/m0/s1. The number of rotatable bonds is 7. The third kappa shape index (κ3) is 7.46. The van der Waals surface area contributed by atoms with E-state index in [0.717, 1.165) is 17.5 Å². The molecule has 0 fully saturated rings. The first-order valence-corrected chi connectivity index (χ1v) is 13.4. The van der Waals surface area contributed by atoms with Crippen LogP contribution in [0, 0.1) is 0 Å². The Morgan fingerprint density at radius 2 is 1.82 bits per heavy atom. The Morgan fingerprint density at radius 3 is 2.52 bits per heavy atom. The van der Waals surface area contributed by atoms with Crippen LogP contribution in [0.5, 0.6) is 17.2 Å². The van der Waals surface area contributed by atoms with Crippen LogP contribution in [0.2, 0.25) is 5.02 Å². The van der Waals surface area contributed by atoms with Gasteiger partial charge in [-0.2, -0.15) is 0 Å². The van der Waals surface area contributed by atoms with Gasteiger partial charge in [-0.1, -0.05) is 29.8 Å². The fraction of sp³-hybridized carbons (Fsp3) is 0.355. The number of phenols is 1. The maximum Gasteiger partial charge on any atom is 0.410 e. The van der Waals surface area contributed by atoms with Gasteiger partial charge < -0.3 is 29.3 Å². The van der Waals surface area contributed by atoms with Crippen LogP contribution in [0.15, 0.2) is 60.7 Å². The SMILES string of the molecule is COC(=O)c1cc(O)cc(Oc2ccc3c(c2)C[C@@H](N(C[C@@H](O)c2cccc(Cl)c2)C(=O)OC(C)(C)C)CC3)c1. The summed E-state index contributed by atoms with van der Waals surface area (Å²) in [5.41, 5.74) is 2.21. The lowest BCUT2D eigenvalue weighted by molar-refractivity contribution is 0.00194. The van der Waals surface area contributed by atoms with E-state index < -0.39 is 23.8 Å². The summed E-state index contributed by atoms with van der Waals surface area (Å²) in [4.78, 5) is 26.9. The summed E-state index contributed by atoms with van der Waals surface area (Å²) in [6.45, 7) is 5.47. The van der Waals surface area contributed by atoms with E-state index in [1.807, 2.05) is 39.0 Å². The maximum absolute atomic E-state index is 13.3. The molecule has 0 unspecified atom stereocenters. The Labute approximate surface area is 239 Å². The fourth-order valence-corrected chi connectivity index (χ4v) is 4.96. The van der Waals surface area contributed by atoms with E-state index in [1.54, 1.807) is 29.2 Å². The van der Waals surface area contributed by atoms with Gasteiger partial charge in [-0.05, 0) is 93.1 Å². The molecule has 4 rings (SSSR count). The summed E-state index contributed by atoms with van der Waals surface area (Å²) in [5, 5.41) is 21.6. The number of amides is 1. The number of esters is 1. The maximum atomic E-state index is 13.3. The van der Waals surface area contributed by atoms with Gasteiger partial charge in [-0.3, -0.25) is 0 Å². The van der Waals surface area contributed by atoms with Crippen molar-refractivity contribution in [2.75, 3.05) is 13.7 Å². The number of benzene rings is 3. The highest BCUT2D eigenvalue weighted by molar-refractivity contribution is 6.30. The number of aliphatic hydroxyl groups is 1. The van der Waals surface area contributed by atoms with Gasteiger partial charge in [0.1, 0.15) is 22.8 Å². The minimum Gasteiger partial charge on any atom is -0.508 e. The molecule has 2 N–H and O–H groups in total. The van der Waals surface area contributed by atoms with Crippen molar-refractivity contribution < 1.29 is 34.0 Å². The van der Waals surface area contributed by atoms with Crippen molar-refractivity contribution >= 4 is 23.7 Å². The van der Waals surface area contributed by atoms with Crippen LogP contribution < -0.4 is 4.74 Å². The number of fused-ring (bicyclic) bond motifs is 1. The molecule has 9 heteroatoms. The van der Waals surface area contributed by atoms with E-state index in [4.69, 9.17) is 25.8 Å². The van der Waals surface area contributed by atoms with Gasteiger partial charge in [0.05, 0.1) is 25.3 Å². The van der Waals surface area contributed by atoms with E-state index >= 15 is 0 Å². The molecular weight excluding hydrogens is 534 g/mol. The normalized spacial score (nSPS) is 15.5. The lowest BCUT2D eigenvalue weighted by atomic mass is 9.87. The molecule has 1 aliphatic carbocycles. The van der Waals surface area contributed by atoms with Crippen molar-refractivity contribution in [3.8, 4) is 17.2 Å². The average molecular weight is 568 g/mol. The van der Waals surface area contributed by atoms with E-state index in [1.165, 1.54) is 25.3 Å². The smallest absolute Gasteiger partial charge is 0.410 e. The third-order valence-electron chi connectivity index (χ3n) is 6.60. The number of carbonyl (C=O) groups is 2. The monoisotopic (exact) mass is 567 g/mol. The summed E-state index contributed by atoms with van der Waals surface area (Å²) in [6, 6.07) is 16.6. The molecule has 0 bridgehead atoms. The number of phenolic OH excluding ortho intramolecular Hbond substituents is 1. The molecular formula is C31H34ClNO7. The minimum atomic E-state index is -0.947. The summed E-state index contributed by atoms with van der Waals surface area (Å²) in [6.07, 6.45) is 0.512. The molecule has 40 heavy (non-hydrogen) atoms. The predicted molar refractivity (Wildman–Crippen MR) is 151 cm³/mol.